The normalized spacial score (nSPS) is 10.3. The highest BCUT2D eigenvalue weighted by atomic mass is 35.5. The van der Waals surface area contributed by atoms with E-state index in [0.717, 1.165) is 11.3 Å². The summed E-state index contributed by atoms with van der Waals surface area (Å²) in [6.07, 6.45) is 0. The van der Waals surface area contributed by atoms with E-state index in [1.165, 1.54) is 5.56 Å². The van der Waals surface area contributed by atoms with E-state index in [0.29, 0.717) is 25.9 Å². The Bertz CT molecular complexity index is 702. The van der Waals surface area contributed by atoms with Crippen LogP contribution in [0, 0.1) is 13.8 Å². The van der Waals surface area contributed by atoms with Gasteiger partial charge in [0.05, 0.1) is 20.8 Å². The molecular formula is C15H13Cl3N2S. The van der Waals surface area contributed by atoms with Crippen molar-refractivity contribution in [3.05, 3.63) is 56.5 Å². The Morgan fingerprint density at radius 1 is 0.905 bits per heavy atom. The molecule has 110 valence electrons. The van der Waals surface area contributed by atoms with Crippen molar-refractivity contribution in [2.75, 3.05) is 10.6 Å². The number of nitrogens with one attached hydrogen (secondary N) is 2. The quantitative estimate of drug-likeness (QED) is 0.502. The molecule has 0 spiro atoms. The van der Waals surface area contributed by atoms with Crippen molar-refractivity contribution < 1.29 is 0 Å². The molecule has 0 atom stereocenters. The van der Waals surface area contributed by atoms with Crippen LogP contribution in [0.3, 0.4) is 0 Å². The topological polar surface area (TPSA) is 24.1 Å². The zero-order valence-electron chi connectivity index (χ0n) is 11.4. The van der Waals surface area contributed by atoms with Gasteiger partial charge in [0.1, 0.15) is 0 Å². The molecule has 0 aliphatic rings. The van der Waals surface area contributed by atoms with Gasteiger partial charge in [-0.15, -0.1) is 0 Å². The Morgan fingerprint density at radius 3 is 2.24 bits per heavy atom. The molecule has 0 saturated carbocycles. The summed E-state index contributed by atoms with van der Waals surface area (Å²) in [5, 5.41) is 7.87. The number of halogens is 3. The average molecular weight is 360 g/mol. The molecule has 0 aliphatic heterocycles. The molecule has 0 bridgehead atoms. The highest BCUT2D eigenvalue weighted by Gasteiger charge is 2.08. The Labute approximate surface area is 144 Å². The van der Waals surface area contributed by atoms with Crippen LogP contribution in [0.15, 0.2) is 30.3 Å². The van der Waals surface area contributed by atoms with Crippen molar-refractivity contribution in [2.45, 2.75) is 13.8 Å². The SMILES string of the molecule is Cc1cccc(NC(=S)Nc2cc(Cl)c(Cl)cc2Cl)c1C. The molecule has 0 saturated heterocycles. The van der Waals surface area contributed by atoms with Crippen LogP contribution < -0.4 is 10.6 Å². The molecule has 21 heavy (non-hydrogen) atoms. The van der Waals surface area contributed by atoms with Crippen LogP contribution in [0.25, 0.3) is 0 Å². The molecule has 2 N–H and O–H groups in total. The maximum Gasteiger partial charge on any atom is 0.175 e. The molecule has 2 rings (SSSR count). The fraction of sp³-hybridized carbons (Fsp3) is 0.133. The minimum Gasteiger partial charge on any atom is -0.332 e. The third kappa shape index (κ3) is 4.01. The lowest BCUT2D eigenvalue weighted by Gasteiger charge is -2.15. The number of anilines is 2. The molecular weight excluding hydrogens is 347 g/mol. The zero-order chi connectivity index (χ0) is 15.6. The average Bonchev–Trinajstić information content (AvgIpc) is 2.41. The molecule has 2 nitrogen and oxygen atoms in total. The number of benzene rings is 2. The Balaban J connectivity index is 2.16. The molecule has 2 aromatic rings. The van der Waals surface area contributed by atoms with E-state index >= 15 is 0 Å². The molecule has 0 fully saturated rings. The second-order valence-corrected chi connectivity index (χ2v) is 6.20. The molecule has 0 amide bonds. The van der Waals surface area contributed by atoms with Gasteiger partial charge in [0.2, 0.25) is 0 Å². The summed E-state index contributed by atoms with van der Waals surface area (Å²) in [4.78, 5) is 0. The van der Waals surface area contributed by atoms with Gasteiger partial charge >= 0.3 is 0 Å². The summed E-state index contributed by atoms with van der Waals surface area (Å²) < 4.78 is 0. The van der Waals surface area contributed by atoms with Crippen LogP contribution in [-0.4, -0.2) is 5.11 Å². The first-order valence-corrected chi connectivity index (χ1v) is 7.71. The highest BCUT2D eigenvalue weighted by Crippen LogP contribution is 2.32. The van der Waals surface area contributed by atoms with Gasteiger partial charge < -0.3 is 10.6 Å². The van der Waals surface area contributed by atoms with Crippen LogP contribution in [-0.2, 0) is 0 Å². The van der Waals surface area contributed by atoms with E-state index < -0.39 is 0 Å². The van der Waals surface area contributed by atoms with Crippen LogP contribution in [0.4, 0.5) is 11.4 Å². The van der Waals surface area contributed by atoms with Crippen molar-refractivity contribution in [3.8, 4) is 0 Å². The number of hydrogen-bond donors (Lipinski definition) is 2. The Kier molecular flexibility index (Phi) is 5.33. The van der Waals surface area contributed by atoms with Crippen molar-refractivity contribution in [1.29, 1.82) is 0 Å². The van der Waals surface area contributed by atoms with Crippen molar-refractivity contribution in [2.24, 2.45) is 0 Å². The first kappa shape index (κ1) is 16.4. The van der Waals surface area contributed by atoms with Crippen molar-refractivity contribution in [1.82, 2.24) is 0 Å². The zero-order valence-corrected chi connectivity index (χ0v) is 14.5. The lowest BCUT2D eigenvalue weighted by molar-refractivity contribution is 1.34. The van der Waals surface area contributed by atoms with Crippen LogP contribution in [0.2, 0.25) is 15.1 Å². The highest BCUT2D eigenvalue weighted by molar-refractivity contribution is 7.80. The molecule has 0 aromatic heterocycles. The first-order chi connectivity index (χ1) is 9.88. The van der Waals surface area contributed by atoms with E-state index in [2.05, 4.69) is 10.6 Å². The number of rotatable bonds is 2. The fourth-order valence-corrected chi connectivity index (χ4v) is 2.59. The number of thiocarbonyl (C=S) groups is 1. The summed E-state index contributed by atoms with van der Waals surface area (Å²) in [6, 6.07) is 9.20. The van der Waals surface area contributed by atoms with Crippen LogP contribution >= 0.6 is 47.0 Å². The molecule has 0 radical (unpaired) electrons. The first-order valence-electron chi connectivity index (χ1n) is 6.17. The predicted octanol–water partition coefficient (Wildman–Crippen LogP) is 6.07. The van der Waals surface area contributed by atoms with Gasteiger partial charge in [-0.05, 0) is 55.4 Å². The summed E-state index contributed by atoms with van der Waals surface area (Å²) in [5.74, 6) is 0. The standard InChI is InChI=1S/C15H13Cl3N2S/c1-8-4-3-5-13(9(8)2)19-15(21)20-14-7-11(17)10(16)6-12(14)18/h3-7H,1-2H3,(H2,19,20,21). The lowest BCUT2D eigenvalue weighted by Crippen LogP contribution is -2.20. The van der Waals surface area contributed by atoms with Gasteiger partial charge in [0.25, 0.3) is 0 Å². The fourth-order valence-electron chi connectivity index (χ4n) is 1.78. The van der Waals surface area contributed by atoms with E-state index in [4.69, 9.17) is 47.0 Å². The monoisotopic (exact) mass is 358 g/mol. The molecule has 0 aliphatic carbocycles. The van der Waals surface area contributed by atoms with Gasteiger partial charge in [0, 0.05) is 5.69 Å². The van der Waals surface area contributed by atoms with Crippen molar-refractivity contribution in [3.63, 3.8) is 0 Å². The van der Waals surface area contributed by atoms with E-state index in [1.54, 1.807) is 12.1 Å². The maximum atomic E-state index is 6.11. The van der Waals surface area contributed by atoms with Gasteiger partial charge in [0.15, 0.2) is 5.11 Å². The maximum absolute atomic E-state index is 6.11. The number of aryl methyl sites for hydroxylation is 1. The molecule has 2 aromatic carbocycles. The van der Waals surface area contributed by atoms with Crippen molar-refractivity contribution >= 4 is 63.5 Å². The minimum atomic E-state index is 0.403. The van der Waals surface area contributed by atoms with Gasteiger partial charge in [-0.25, -0.2) is 0 Å². The van der Waals surface area contributed by atoms with Gasteiger partial charge in [-0.2, -0.15) is 0 Å². The van der Waals surface area contributed by atoms with Gasteiger partial charge in [-0.1, -0.05) is 46.9 Å². The van der Waals surface area contributed by atoms with E-state index in [-0.39, 0.29) is 0 Å². The molecule has 0 heterocycles. The van der Waals surface area contributed by atoms with Crippen LogP contribution in [0.1, 0.15) is 11.1 Å². The second kappa shape index (κ2) is 6.84. The van der Waals surface area contributed by atoms with E-state index in [9.17, 15) is 0 Å². The number of hydrogen-bond acceptors (Lipinski definition) is 1. The lowest BCUT2D eigenvalue weighted by atomic mass is 10.1. The smallest absolute Gasteiger partial charge is 0.175 e. The molecule has 6 heteroatoms. The van der Waals surface area contributed by atoms with E-state index in [1.807, 2.05) is 32.0 Å². The third-order valence-electron chi connectivity index (χ3n) is 3.11. The summed E-state index contributed by atoms with van der Waals surface area (Å²) in [6.45, 7) is 4.08. The second-order valence-electron chi connectivity index (χ2n) is 4.57. The van der Waals surface area contributed by atoms with Gasteiger partial charge in [-0.3, -0.25) is 0 Å². The Hall–Kier alpha value is -1.000. The molecule has 0 unspecified atom stereocenters. The summed E-state index contributed by atoms with van der Waals surface area (Å²) in [5.41, 5.74) is 3.88. The minimum absolute atomic E-state index is 0.403. The largest absolute Gasteiger partial charge is 0.332 e. The Morgan fingerprint density at radius 2 is 1.52 bits per heavy atom. The van der Waals surface area contributed by atoms with Crippen LogP contribution in [0.5, 0.6) is 0 Å². The third-order valence-corrected chi connectivity index (χ3v) is 4.35. The summed E-state index contributed by atoms with van der Waals surface area (Å²) in [7, 11) is 0. The predicted molar refractivity (Wildman–Crippen MR) is 97.2 cm³/mol. The summed E-state index contributed by atoms with van der Waals surface area (Å²) >= 11 is 23.3.